The third-order valence-electron chi connectivity index (χ3n) is 4.29. The van der Waals surface area contributed by atoms with Crippen LogP contribution in [0.1, 0.15) is 57.7 Å². The Balaban J connectivity index is 1.75. The molecule has 0 aromatic carbocycles. The van der Waals surface area contributed by atoms with Crippen molar-refractivity contribution in [3.63, 3.8) is 0 Å². The van der Waals surface area contributed by atoms with E-state index >= 15 is 0 Å². The highest BCUT2D eigenvalue weighted by atomic mass is 32.2. The Labute approximate surface area is 121 Å². The van der Waals surface area contributed by atoms with Crippen LogP contribution in [-0.4, -0.2) is 27.3 Å². The van der Waals surface area contributed by atoms with Gasteiger partial charge in [0.15, 0.2) is 0 Å². The van der Waals surface area contributed by atoms with Gasteiger partial charge in [-0.3, -0.25) is 4.68 Å². The van der Waals surface area contributed by atoms with Gasteiger partial charge in [-0.05, 0) is 51.3 Å². The number of nitrogens with one attached hydrogen (secondary N) is 1. The van der Waals surface area contributed by atoms with Crippen molar-refractivity contribution in [3.8, 4) is 0 Å². The predicted molar refractivity (Wildman–Crippen MR) is 83.6 cm³/mol. The molecule has 0 aliphatic heterocycles. The molecule has 1 unspecified atom stereocenters. The molecule has 0 amide bonds. The van der Waals surface area contributed by atoms with Crippen LogP contribution in [0.25, 0.3) is 0 Å². The molecule has 0 saturated heterocycles. The second kappa shape index (κ2) is 7.34. The molecule has 1 aliphatic carbocycles. The molecule has 4 heteroatoms. The molecule has 1 aliphatic rings. The molecule has 1 atom stereocenters. The maximum absolute atomic E-state index is 4.65. The molecular weight excluding hydrogens is 254 g/mol. The lowest BCUT2D eigenvalue weighted by atomic mass is 9.95. The van der Waals surface area contributed by atoms with E-state index in [0.29, 0.717) is 12.1 Å². The van der Waals surface area contributed by atoms with E-state index in [-0.39, 0.29) is 0 Å². The summed E-state index contributed by atoms with van der Waals surface area (Å²) in [4.78, 5) is 0. The zero-order chi connectivity index (χ0) is 13.7. The molecule has 1 saturated carbocycles. The van der Waals surface area contributed by atoms with Gasteiger partial charge in [-0.15, -0.1) is 0 Å². The first-order chi connectivity index (χ1) is 9.22. The summed E-state index contributed by atoms with van der Waals surface area (Å²) in [5, 5.41) is 9.21. The van der Waals surface area contributed by atoms with Crippen molar-refractivity contribution in [2.75, 3.05) is 6.26 Å². The van der Waals surface area contributed by atoms with Gasteiger partial charge >= 0.3 is 0 Å². The average molecular weight is 281 g/mol. The van der Waals surface area contributed by atoms with Gasteiger partial charge in [0.1, 0.15) is 0 Å². The lowest BCUT2D eigenvalue weighted by molar-refractivity contribution is 0.375. The van der Waals surface area contributed by atoms with Crippen LogP contribution >= 0.6 is 11.8 Å². The highest BCUT2D eigenvalue weighted by molar-refractivity contribution is 7.99. The summed E-state index contributed by atoms with van der Waals surface area (Å²) in [6.07, 6.45) is 10.8. The monoisotopic (exact) mass is 281 g/mol. The Kier molecular flexibility index (Phi) is 5.76. The van der Waals surface area contributed by atoms with Gasteiger partial charge in [0.05, 0.1) is 5.69 Å². The maximum Gasteiger partial charge on any atom is 0.0762 e. The molecule has 0 bridgehead atoms. The smallest absolute Gasteiger partial charge is 0.0762 e. The number of hydrogen-bond acceptors (Lipinski definition) is 3. The molecule has 0 spiro atoms. The normalized spacial score (nSPS) is 25.4. The standard InChI is InChI=1S/C15H27N3S/c1-4-12(2)18-10-9-14(17-18)11-16-13-5-7-15(19-3)8-6-13/h9-10,12-13,15-16H,4-8,11H2,1-3H3. The van der Waals surface area contributed by atoms with E-state index in [1.165, 1.54) is 31.4 Å². The summed E-state index contributed by atoms with van der Waals surface area (Å²) in [7, 11) is 0. The third kappa shape index (κ3) is 4.25. The zero-order valence-corrected chi connectivity index (χ0v) is 13.2. The van der Waals surface area contributed by atoms with Crippen molar-refractivity contribution in [1.29, 1.82) is 0 Å². The Morgan fingerprint density at radius 2 is 2.16 bits per heavy atom. The molecule has 1 N–H and O–H groups in total. The highest BCUT2D eigenvalue weighted by Crippen LogP contribution is 2.26. The zero-order valence-electron chi connectivity index (χ0n) is 12.4. The van der Waals surface area contributed by atoms with Crippen LogP contribution in [0, 0.1) is 0 Å². The molecule has 108 valence electrons. The Bertz CT molecular complexity index is 369. The van der Waals surface area contributed by atoms with Crippen LogP contribution in [0.15, 0.2) is 12.3 Å². The highest BCUT2D eigenvalue weighted by Gasteiger charge is 2.20. The summed E-state index contributed by atoms with van der Waals surface area (Å²) < 4.78 is 2.08. The van der Waals surface area contributed by atoms with E-state index in [2.05, 4.69) is 47.5 Å². The van der Waals surface area contributed by atoms with E-state index in [1.807, 2.05) is 11.8 Å². The van der Waals surface area contributed by atoms with E-state index < -0.39 is 0 Å². The second-order valence-electron chi connectivity index (χ2n) is 5.63. The fourth-order valence-corrected chi connectivity index (χ4v) is 3.40. The van der Waals surface area contributed by atoms with Gasteiger partial charge in [-0.25, -0.2) is 0 Å². The summed E-state index contributed by atoms with van der Waals surface area (Å²) in [6, 6.07) is 3.34. The minimum absolute atomic E-state index is 0.505. The van der Waals surface area contributed by atoms with Crippen molar-refractivity contribution in [2.45, 2.75) is 69.8 Å². The number of aromatic nitrogens is 2. The molecular formula is C15H27N3S. The first kappa shape index (κ1) is 14.9. The number of thioether (sulfide) groups is 1. The van der Waals surface area contributed by atoms with Gasteiger partial charge in [0.2, 0.25) is 0 Å². The Morgan fingerprint density at radius 1 is 1.42 bits per heavy atom. The van der Waals surface area contributed by atoms with Crippen molar-refractivity contribution in [3.05, 3.63) is 18.0 Å². The van der Waals surface area contributed by atoms with Crippen LogP contribution in [0.4, 0.5) is 0 Å². The van der Waals surface area contributed by atoms with E-state index in [4.69, 9.17) is 0 Å². The molecule has 1 aromatic rings. The minimum atomic E-state index is 0.505. The largest absolute Gasteiger partial charge is 0.308 e. The van der Waals surface area contributed by atoms with Gasteiger partial charge < -0.3 is 5.32 Å². The summed E-state index contributed by atoms with van der Waals surface area (Å²) in [5.74, 6) is 0. The Hall–Kier alpha value is -0.480. The molecule has 1 aromatic heterocycles. The van der Waals surface area contributed by atoms with Gasteiger partial charge in [0.25, 0.3) is 0 Å². The number of nitrogens with zero attached hydrogens (tertiary/aromatic N) is 2. The lowest BCUT2D eigenvalue weighted by Gasteiger charge is -2.27. The summed E-state index contributed by atoms with van der Waals surface area (Å²) in [5.41, 5.74) is 1.17. The average Bonchev–Trinajstić information content (AvgIpc) is 2.93. The first-order valence-corrected chi connectivity index (χ1v) is 8.82. The molecule has 3 nitrogen and oxygen atoms in total. The number of hydrogen-bond donors (Lipinski definition) is 1. The number of rotatable bonds is 6. The second-order valence-corrected chi connectivity index (χ2v) is 6.77. The fraction of sp³-hybridized carbons (Fsp3) is 0.800. The first-order valence-electron chi connectivity index (χ1n) is 7.53. The van der Waals surface area contributed by atoms with Gasteiger partial charge in [0, 0.05) is 30.1 Å². The molecule has 1 heterocycles. The van der Waals surface area contributed by atoms with Crippen molar-refractivity contribution in [1.82, 2.24) is 15.1 Å². The van der Waals surface area contributed by atoms with Crippen LogP contribution in [0.2, 0.25) is 0 Å². The maximum atomic E-state index is 4.65. The lowest BCUT2D eigenvalue weighted by Crippen LogP contribution is -2.33. The van der Waals surface area contributed by atoms with Crippen LogP contribution in [0.5, 0.6) is 0 Å². The summed E-state index contributed by atoms with van der Waals surface area (Å²) in [6.45, 7) is 5.33. The topological polar surface area (TPSA) is 29.9 Å². The van der Waals surface area contributed by atoms with Gasteiger partial charge in [-0.2, -0.15) is 16.9 Å². The molecule has 1 fully saturated rings. The van der Waals surface area contributed by atoms with E-state index in [9.17, 15) is 0 Å². The molecule has 2 rings (SSSR count). The quantitative estimate of drug-likeness (QED) is 0.864. The SMILES string of the molecule is CCC(C)n1ccc(CNC2CCC(SC)CC2)n1. The van der Waals surface area contributed by atoms with Crippen LogP contribution < -0.4 is 5.32 Å². The molecule has 0 radical (unpaired) electrons. The van der Waals surface area contributed by atoms with E-state index in [1.54, 1.807) is 0 Å². The van der Waals surface area contributed by atoms with Crippen molar-refractivity contribution < 1.29 is 0 Å². The Morgan fingerprint density at radius 3 is 2.79 bits per heavy atom. The van der Waals surface area contributed by atoms with Crippen LogP contribution in [-0.2, 0) is 6.54 Å². The minimum Gasteiger partial charge on any atom is -0.308 e. The van der Waals surface area contributed by atoms with Gasteiger partial charge in [-0.1, -0.05) is 6.92 Å². The third-order valence-corrected chi connectivity index (χ3v) is 5.42. The van der Waals surface area contributed by atoms with E-state index in [0.717, 1.165) is 18.2 Å². The van der Waals surface area contributed by atoms with Crippen molar-refractivity contribution in [2.24, 2.45) is 0 Å². The summed E-state index contributed by atoms with van der Waals surface area (Å²) >= 11 is 2.03. The van der Waals surface area contributed by atoms with Crippen LogP contribution in [0.3, 0.4) is 0 Å². The molecule has 19 heavy (non-hydrogen) atoms. The predicted octanol–water partition coefficient (Wildman–Crippen LogP) is 3.62. The van der Waals surface area contributed by atoms with Crippen molar-refractivity contribution >= 4 is 11.8 Å². The fourth-order valence-electron chi connectivity index (χ4n) is 2.66.